The SMILES string of the molecule is NC(=NC(N=Cc1ccc(-n2c3ccccc3c3cc(-c4cccc5c4sc4c(-c6ccccc6)cccc45)ccc32)cc1)c1ccccc1)c1ccccc1. The summed E-state index contributed by atoms with van der Waals surface area (Å²) in [5.41, 5.74) is 17.7. The molecule has 0 aliphatic rings. The minimum Gasteiger partial charge on any atom is -0.383 e. The van der Waals surface area contributed by atoms with E-state index in [0.29, 0.717) is 5.84 Å². The van der Waals surface area contributed by atoms with E-state index in [1.165, 1.54) is 64.2 Å². The van der Waals surface area contributed by atoms with Gasteiger partial charge in [-0.15, -0.1) is 11.3 Å². The average molecular weight is 737 g/mol. The maximum Gasteiger partial charge on any atom is 0.167 e. The van der Waals surface area contributed by atoms with Crippen molar-refractivity contribution in [2.75, 3.05) is 0 Å². The van der Waals surface area contributed by atoms with Crippen LogP contribution in [0.25, 0.3) is 69.9 Å². The molecule has 0 radical (unpaired) electrons. The number of aliphatic imine (C=N–C) groups is 2. The molecule has 10 rings (SSSR count). The number of hydrogen-bond acceptors (Lipinski definition) is 3. The summed E-state index contributed by atoms with van der Waals surface area (Å²) < 4.78 is 5.00. The molecule has 56 heavy (non-hydrogen) atoms. The van der Waals surface area contributed by atoms with Gasteiger partial charge in [0.25, 0.3) is 0 Å². The first kappa shape index (κ1) is 33.5. The second-order valence-corrected chi connectivity index (χ2v) is 15.0. The fourth-order valence-electron chi connectivity index (χ4n) is 7.81. The number of nitrogens with two attached hydrogens (primary N) is 1. The lowest BCUT2D eigenvalue weighted by molar-refractivity contribution is 0.781. The van der Waals surface area contributed by atoms with Gasteiger partial charge < -0.3 is 10.3 Å². The van der Waals surface area contributed by atoms with Crippen LogP contribution in [-0.4, -0.2) is 16.6 Å². The van der Waals surface area contributed by atoms with Crippen LogP contribution in [0.3, 0.4) is 0 Å². The lowest BCUT2D eigenvalue weighted by Crippen LogP contribution is -2.14. The summed E-state index contributed by atoms with van der Waals surface area (Å²) in [5.74, 6) is 0.458. The Labute approximate surface area is 329 Å². The number of nitrogens with zero attached hydrogens (tertiary/aromatic N) is 3. The summed E-state index contributed by atoms with van der Waals surface area (Å²) in [6.07, 6.45) is 1.42. The third-order valence-corrected chi connectivity index (χ3v) is 11.8. The van der Waals surface area contributed by atoms with Gasteiger partial charge in [0.1, 0.15) is 5.84 Å². The summed E-state index contributed by atoms with van der Waals surface area (Å²) >= 11 is 1.89. The third kappa shape index (κ3) is 6.05. The molecule has 266 valence electrons. The highest BCUT2D eigenvalue weighted by molar-refractivity contribution is 7.26. The zero-order chi connectivity index (χ0) is 37.4. The van der Waals surface area contributed by atoms with Crippen molar-refractivity contribution in [2.45, 2.75) is 6.17 Å². The molecule has 4 nitrogen and oxygen atoms in total. The molecule has 2 aromatic heterocycles. The molecule has 1 atom stereocenters. The minimum absolute atomic E-state index is 0.458. The van der Waals surface area contributed by atoms with E-state index in [4.69, 9.17) is 15.7 Å². The topological polar surface area (TPSA) is 55.7 Å². The molecular formula is C51H36N4S. The number of aromatic nitrogens is 1. The van der Waals surface area contributed by atoms with Gasteiger partial charge in [-0.05, 0) is 63.7 Å². The van der Waals surface area contributed by atoms with Crippen molar-refractivity contribution >= 4 is 65.4 Å². The molecule has 0 aliphatic carbocycles. The van der Waals surface area contributed by atoms with Crippen molar-refractivity contribution in [3.63, 3.8) is 0 Å². The van der Waals surface area contributed by atoms with Crippen LogP contribution < -0.4 is 5.73 Å². The molecule has 5 heteroatoms. The van der Waals surface area contributed by atoms with E-state index >= 15 is 0 Å². The van der Waals surface area contributed by atoms with Crippen LogP contribution in [0.1, 0.15) is 22.9 Å². The second kappa shape index (κ2) is 14.3. The van der Waals surface area contributed by atoms with E-state index < -0.39 is 6.17 Å². The predicted octanol–water partition coefficient (Wildman–Crippen LogP) is 13.0. The Morgan fingerprint density at radius 2 is 1.11 bits per heavy atom. The van der Waals surface area contributed by atoms with Gasteiger partial charge in [-0.3, -0.25) is 4.99 Å². The van der Waals surface area contributed by atoms with Gasteiger partial charge in [-0.25, -0.2) is 4.99 Å². The van der Waals surface area contributed by atoms with Crippen LogP contribution in [0.2, 0.25) is 0 Å². The normalized spacial score (nSPS) is 12.7. The Morgan fingerprint density at radius 1 is 0.518 bits per heavy atom. The van der Waals surface area contributed by atoms with E-state index in [2.05, 4.69) is 138 Å². The van der Waals surface area contributed by atoms with Gasteiger partial charge in [0, 0.05) is 48.4 Å². The maximum absolute atomic E-state index is 6.45. The van der Waals surface area contributed by atoms with Gasteiger partial charge in [-0.2, -0.15) is 0 Å². The van der Waals surface area contributed by atoms with Crippen molar-refractivity contribution in [1.82, 2.24) is 4.57 Å². The van der Waals surface area contributed by atoms with Crippen molar-refractivity contribution < 1.29 is 0 Å². The first-order valence-electron chi connectivity index (χ1n) is 18.8. The summed E-state index contributed by atoms with van der Waals surface area (Å²) in [6.45, 7) is 0. The molecule has 0 fully saturated rings. The van der Waals surface area contributed by atoms with E-state index in [-0.39, 0.29) is 0 Å². The lowest BCUT2D eigenvalue weighted by atomic mass is 9.99. The quantitative estimate of drug-likeness (QED) is 0.123. The molecule has 1 unspecified atom stereocenters. The smallest absolute Gasteiger partial charge is 0.167 e. The Balaban J connectivity index is 1.02. The van der Waals surface area contributed by atoms with Crippen molar-refractivity contribution in [3.05, 3.63) is 211 Å². The fraction of sp³-hybridized carbons (Fsp3) is 0.0196. The third-order valence-electron chi connectivity index (χ3n) is 10.5. The molecule has 0 saturated carbocycles. The van der Waals surface area contributed by atoms with Crippen LogP contribution in [0.5, 0.6) is 0 Å². The minimum atomic E-state index is -0.466. The van der Waals surface area contributed by atoms with E-state index in [9.17, 15) is 0 Å². The highest BCUT2D eigenvalue weighted by atomic mass is 32.1. The van der Waals surface area contributed by atoms with Gasteiger partial charge in [0.2, 0.25) is 0 Å². The molecule has 8 aromatic carbocycles. The number of para-hydroxylation sites is 1. The Morgan fingerprint density at radius 3 is 1.82 bits per heavy atom. The van der Waals surface area contributed by atoms with Crippen LogP contribution in [0, 0.1) is 0 Å². The summed E-state index contributed by atoms with van der Waals surface area (Å²) in [4.78, 5) is 9.74. The Hall–Kier alpha value is -7.08. The number of fused-ring (bicyclic) bond motifs is 6. The molecule has 0 bridgehead atoms. The molecule has 2 N–H and O–H groups in total. The largest absolute Gasteiger partial charge is 0.383 e. The van der Waals surface area contributed by atoms with Crippen LogP contribution >= 0.6 is 11.3 Å². The lowest BCUT2D eigenvalue weighted by Gasteiger charge is -2.11. The second-order valence-electron chi connectivity index (χ2n) is 14.0. The van der Waals surface area contributed by atoms with Gasteiger partial charge >= 0.3 is 0 Å². The number of thiophene rings is 1. The Kier molecular flexibility index (Phi) is 8.55. The summed E-state index contributed by atoms with van der Waals surface area (Å²) in [7, 11) is 0. The number of hydrogen-bond donors (Lipinski definition) is 1. The van der Waals surface area contributed by atoms with Gasteiger partial charge in [0.15, 0.2) is 6.17 Å². The highest BCUT2D eigenvalue weighted by Crippen LogP contribution is 2.44. The maximum atomic E-state index is 6.45. The molecule has 2 heterocycles. The first-order valence-corrected chi connectivity index (χ1v) is 19.6. The zero-order valence-corrected chi connectivity index (χ0v) is 31.3. The molecule has 10 aromatic rings. The van der Waals surface area contributed by atoms with Crippen LogP contribution in [0.15, 0.2) is 204 Å². The number of amidine groups is 1. The molecular weight excluding hydrogens is 701 g/mol. The highest BCUT2D eigenvalue weighted by Gasteiger charge is 2.17. The zero-order valence-electron chi connectivity index (χ0n) is 30.5. The summed E-state index contributed by atoms with van der Waals surface area (Å²) in [6, 6.07) is 68.2. The number of benzene rings is 8. The average Bonchev–Trinajstić information content (AvgIpc) is 3.82. The van der Waals surface area contributed by atoms with E-state index in [1.54, 1.807) is 0 Å². The van der Waals surface area contributed by atoms with Crippen LogP contribution in [0.4, 0.5) is 0 Å². The Bertz CT molecular complexity index is 3070. The first-order chi connectivity index (χ1) is 27.7. The summed E-state index contributed by atoms with van der Waals surface area (Å²) in [5, 5.41) is 5.06. The fourth-order valence-corrected chi connectivity index (χ4v) is 9.18. The number of rotatable bonds is 8. The van der Waals surface area contributed by atoms with Crippen molar-refractivity contribution in [2.24, 2.45) is 15.7 Å². The molecule has 0 aliphatic heterocycles. The van der Waals surface area contributed by atoms with E-state index in [1.807, 2.05) is 78.2 Å². The van der Waals surface area contributed by atoms with Gasteiger partial charge in [0.05, 0.1) is 11.0 Å². The molecule has 0 saturated heterocycles. The molecule has 0 spiro atoms. The van der Waals surface area contributed by atoms with E-state index in [0.717, 1.165) is 22.4 Å². The monoisotopic (exact) mass is 736 g/mol. The predicted molar refractivity (Wildman–Crippen MR) is 238 cm³/mol. The van der Waals surface area contributed by atoms with Crippen LogP contribution in [-0.2, 0) is 0 Å². The standard InChI is InChI=1S/C51H36N4S/c52-50(36-16-6-2-7-17-36)54-51(37-18-8-3-9-19-37)53-33-34-26-29-39(30-27-34)55-46-25-11-10-20-42(46)45-32-38(28-31-47(45)55)41-22-13-24-44-43-23-12-21-40(48(43)56-49(41)44)35-14-4-1-5-15-35/h1-33,51H,(H2,52,54). The van der Waals surface area contributed by atoms with Gasteiger partial charge in [-0.1, -0.05) is 164 Å². The van der Waals surface area contributed by atoms with Crippen molar-refractivity contribution in [1.29, 1.82) is 0 Å². The van der Waals surface area contributed by atoms with Crippen molar-refractivity contribution in [3.8, 4) is 27.9 Å². The molecule has 0 amide bonds.